The summed E-state index contributed by atoms with van der Waals surface area (Å²) in [5.41, 5.74) is 0. The molecule has 0 spiro atoms. The van der Waals surface area contributed by atoms with Crippen molar-refractivity contribution in [3.05, 3.63) is 0 Å². The van der Waals surface area contributed by atoms with E-state index in [1.54, 1.807) is 0 Å². The number of hydrogen-bond donors (Lipinski definition) is 2. The van der Waals surface area contributed by atoms with E-state index in [1.807, 2.05) is 7.05 Å². The van der Waals surface area contributed by atoms with Gasteiger partial charge in [0.15, 0.2) is 0 Å². The van der Waals surface area contributed by atoms with Gasteiger partial charge in [-0.05, 0) is 27.9 Å². The van der Waals surface area contributed by atoms with E-state index in [0.29, 0.717) is 12.5 Å². The summed E-state index contributed by atoms with van der Waals surface area (Å²) in [5.74, 6) is 0.122. The van der Waals surface area contributed by atoms with E-state index in [-0.39, 0.29) is 30.7 Å². The molecule has 0 heterocycles. The van der Waals surface area contributed by atoms with E-state index in [0.717, 1.165) is 19.6 Å². The largest absolute Gasteiger partial charge is 0.355 e. The number of carbonyl (C=O) groups is 1. The van der Waals surface area contributed by atoms with Crippen LogP contribution in [0.5, 0.6) is 0 Å². The lowest BCUT2D eigenvalue weighted by atomic mass is 10.3. The average molecular weight is 274 g/mol. The Kier molecular flexibility index (Phi) is 17.3. The van der Waals surface area contributed by atoms with Gasteiger partial charge in [0.1, 0.15) is 0 Å². The third kappa shape index (κ3) is 12.0. The molecule has 0 aliphatic rings. The maximum Gasteiger partial charge on any atom is 0.221 e. The Morgan fingerprint density at radius 1 is 1.25 bits per heavy atom. The smallest absolute Gasteiger partial charge is 0.221 e. The number of hydrogen-bond acceptors (Lipinski definition) is 3. The lowest BCUT2D eigenvalue weighted by Gasteiger charge is -2.20. The zero-order valence-electron chi connectivity index (χ0n) is 10.6. The van der Waals surface area contributed by atoms with Crippen molar-refractivity contribution >= 4 is 30.7 Å². The SMILES string of the molecule is CNCCC(=O)NCCN(C)C(C)C.Cl.Cl. The van der Waals surface area contributed by atoms with Gasteiger partial charge in [-0.15, -0.1) is 24.8 Å². The monoisotopic (exact) mass is 273 g/mol. The van der Waals surface area contributed by atoms with Gasteiger partial charge in [0.2, 0.25) is 5.91 Å². The van der Waals surface area contributed by atoms with Crippen LogP contribution in [0.1, 0.15) is 20.3 Å². The minimum atomic E-state index is 0. The van der Waals surface area contributed by atoms with E-state index >= 15 is 0 Å². The summed E-state index contributed by atoms with van der Waals surface area (Å²) in [6.07, 6.45) is 0.557. The summed E-state index contributed by atoms with van der Waals surface area (Å²) in [6, 6.07) is 0.532. The molecule has 6 heteroatoms. The number of likely N-dealkylation sites (N-methyl/N-ethyl adjacent to an activating group) is 1. The topological polar surface area (TPSA) is 44.4 Å². The van der Waals surface area contributed by atoms with Crippen LogP contribution in [0.15, 0.2) is 0 Å². The molecule has 0 aromatic heterocycles. The average Bonchev–Trinajstić information content (AvgIpc) is 2.14. The number of amides is 1. The highest BCUT2D eigenvalue weighted by atomic mass is 35.5. The molecule has 0 atom stereocenters. The lowest BCUT2D eigenvalue weighted by molar-refractivity contribution is -0.121. The molecule has 4 nitrogen and oxygen atoms in total. The standard InChI is InChI=1S/C10H23N3O.2ClH/c1-9(2)13(4)8-7-12-10(14)5-6-11-3;;/h9,11H,5-8H2,1-4H3,(H,12,14);2*1H. The molecule has 0 bridgehead atoms. The summed E-state index contributed by atoms with van der Waals surface area (Å²) in [7, 11) is 3.91. The van der Waals surface area contributed by atoms with Crippen molar-refractivity contribution < 1.29 is 4.79 Å². The van der Waals surface area contributed by atoms with E-state index in [9.17, 15) is 4.79 Å². The predicted octanol–water partition coefficient (Wildman–Crippen LogP) is 0.896. The molecule has 0 saturated carbocycles. The Bertz CT molecular complexity index is 168. The molecule has 1 amide bonds. The summed E-state index contributed by atoms with van der Waals surface area (Å²) in [4.78, 5) is 13.4. The van der Waals surface area contributed by atoms with Gasteiger partial charge in [-0.25, -0.2) is 0 Å². The van der Waals surface area contributed by atoms with Crippen molar-refractivity contribution in [2.45, 2.75) is 26.3 Å². The summed E-state index contributed by atoms with van der Waals surface area (Å²) in [5, 5.41) is 5.83. The maximum absolute atomic E-state index is 11.2. The van der Waals surface area contributed by atoms with Crippen LogP contribution in [0, 0.1) is 0 Å². The zero-order chi connectivity index (χ0) is 11.0. The fourth-order valence-electron chi connectivity index (χ4n) is 0.957. The molecule has 0 rings (SSSR count). The van der Waals surface area contributed by atoms with Crippen LogP contribution in [-0.2, 0) is 4.79 Å². The first kappa shape index (κ1) is 21.3. The summed E-state index contributed by atoms with van der Waals surface area (Å²) in [6.45, 7) is 6.66. The Hall–Kier alpha value is -0.0300. The van der Waals surface area contributed by atoms with Crippen LogP contribution in [0.3, 0.4) is 0 Å². The molecule has 0 aromatic carbocycles. The quantitative estimate of drug-likeness (QED) is 0.725. The third-order valence-corrected chi connectivity index (χ3v) is 2.27. The fraction of sp³-hybridized carbons (Fsp3) is 0.900. The van der Waals surface area contributed by atoms with E-state index in [4.69, 9.17) is 0 Å². The molecule has 16 heavy (non-hydrogen) atoms. The highest BCUT2D eigenvalue weighted by molar-refractivity contribution is 5.85. The Labute approximate surface area is 111 Å². The van der Waals surface area contributed by atoms with Crippen molar-refractivity contribution in [2.24, 2.45) is 0 Å². The highest BCUT2D eigenvalue weighted by Gasteiger charge is 2.03. The van der Waals surface area contributed by atoms with E-state index in [2.05, 4.69) is 36.4 Å². The molecule has 0 aliphatic carbocycles. The highest BCUT2D eigenvalue weighted by Crippen LogP contribution is 1.90. The van der Waals surface area contributed by atoms with Crippen molar-refractivity contribution in [3.8, 4) is 0 Å². The number of nitrogens with zero attached hydrogens (tertiary/aromatic N) is 1. The number of carbonyl (C=O) groups excluding carboxylic acids is 1. The van der Waals surface area contributed by atoms with Crippen LogP contribution in [0.4, 0.5) is 0 Å². The first-order valence-electron chi connectivity index (χ1n) is 5.19. The van der Waals surface area contributed by atoms with E-state index < -0.39 is 0 Å². The van der Waals surface area contributed by atoms with Gasteiger partial charge in [0, 0.05) is 32.1 Å². The zero-order valence-corrected chi connectivity index (χ0v) is 12.2. The van der Waals surface area contributed by atoms with E-state index in [1.165, 1.54) is 0 Å². The normalized spacial score (nSPS) is 9.62. The van der Waals surface area contributed by atoms with Crippen molar-refractivity contribution in [3.63, 3.8) is 0 Å². The second-order valence-electron chi connectivity index (χ2n) is 3.78. The maximum atomic E-state index is 11.2. The fourth-order valence-corrected chi connectivity index (χ4v) is 0.957. The minimum absolute atomic E-state index is 0. The number of halogens is 2. The number of nitrogens with one attached hydrogen (secondary N) is 2. The van der Waals surface area contributed by atoms with Gasteiger partial charge in [-0.1, -0.05) is 0 Å². The summed E-state index contributed by atoms with van der Waals surface area (Å²) >= 11 is 0. The second-order valence-corrected chi connectivity index (χ2v) is 3.78. The van der Waals surface area contributed by atoms with Gasteiger partial charge in [-0.2, -0.15) is 0 Å². The molecule has 2 N–H and O–H groups in total. The van der Waals surface area contributed by atoms with Gasteiger partial charge < -0.3 is 15.5 Å². The van der Waals surface area contributed by atoms with Crippen LogP contribution >= 0.6 is 24.8 Å². The molecule has 0 saturated heterocycles. The number of rotatable bonds is 7. The van der Waals surface area contributed by atoms with Crippen LogP contribution in [-0.4, -0.2) is 50.6 Å². The third-order valence-electron chi connectivity index (χ3n) is 2.27. The molecule has 0 unspecified atom stereocenters. The van der Waals surface area contributed by atoms with Crippen molar-refractivity contribution in [1.29, 1.82) is 0 Å². The molecule has 0 fully saturated rings. The first-order chi connectivity index (χ1) is 6.57. The van der Waals surface area contributed by atoms with Crippen LogP contribution in [0.2, 0.25) is 0 Å². The van der Waals surface area contributed by atoms with Crippen molar-refractivity contribution in [2.75, 3.05) is 33.7 Å². The summed E-state index contributed by atoms with van der Waals surface area (Å²) < 4.78 is 0. The Morgan fingerprint density at radius 3 is 2.25 bits per heavy atom. The first-order valence-corrected chi connectivity index (χ1v) is 5.19. The van der Waals surface area contributed by atoms with Crippen LogP contribution in [0.25, 0.3) is 0 Å². The Morgan fingerprint density at radius 2 is 1.81 bits per heavy atom. The minimum Gasteiger partial charge on any atom is -0.355 e. The second kappa shape index (κ2) is 13.0. The van der Waals surface area contributed by atoms with Crippen LogP contribution < -0.4 is 10.6 Å². The predicted molar refractivity (Wildman–Crippen MR) is 73.8 cm³/mol. The van der Waals surface area contributed by atoms with Gasteiger partial charge in [-0.3, -0.25) is 4.79 Å². The Balaban J connectivity index is -0.000000845. The molecule has 0 aliphatic heterocycles. The molecule has 0 radical (unpaired) electrons. The molecule has 0 aromatic rings. The molecule has 100 valence electrons. The van der Waals surface area contributed by atoms with Crippen molar-refractivity contribution in [1.82, 2.24) is 15.5 Å². The molecular formula is C10H25Cl2N3O. The lowest BCUT2D eigenvalue weighted by Crippen LogP contribution is -2.36. The van der Waals surface area contributed by atoms with Gasteiger partial charge >= 0.3 is 0 Å². The van der Waals surface area contributed by atoms with Gasteiger partial charge in [0.25, 0.3) is 0 Å². The molecular weight excluding hydrogens is 249 g/mol. The van der Waals surface area contributed by atoms with Gasteiger partial charge in [0.05, 0.1) is 0 Å².